The summed E-state index contributed by atoms with van der Waals surface area (Å²) in [4.78, 5) is 50.5. The second-order valence-corrected chi connectivity index (χ2v) is 10.8. The van der Waals surface area contributed by atoms with Crippen LogP contribution in [0.1, 0.15) is 52.5 Å². The predicted molar refractivity (Wildman–Crippen MR) is 160 cm³/mol. The summed E-state index contributed by atoms with van der Waals surface area (Å²) in [6, 6.07) is 9.59. The fraction of sp³-hybridized carbons (Fsp3) is 0.419. The molecule has 212 valence electrons. The Kier molecular flexibility index (Phi) is 9.04. The van der Waals surface area contributed by atoms with Crippen LogP contribution in [0.3, 0.4) is 0 Å². The number of aryl methyl sites for hydroxylation is 2. The van der Waals surface area contributed by atoms with Crippen molar-refractivity contribution in [1.29, 1.82) is 0 Å². The number of aromatic amines is 1. The van der Waals surface area contributed by atoms with Gasteiger partial charge in [0.05, 0.1) is 0 Å². The Morgan fingerprint density at radius 1 is 1.07 bits per heavy atom. The molecule has 1 aliphatic rings. The zero-order valence-corrected chi connectivity index (χ0v) is 24.4. The third-order valence-electron chi connectivity index (χ3n) is 7.31. The molecule has 9 heteroatoms. The third-order valence-corrected chi connectivity index (χ3v) is 7.31. The first-order chi connectivity index (χ1) is 19.1. The van der Waals surface area contributed by atoms with Crippen molar-refractivity contribution in [1.82, 2.24) is 20.2 Å². The number of benzene rings is 1. The van der Waals surface area contributed by atoms with Crippen molar-refractivity contribution in [2.45, 2.75) is 47.1 Å². The number of hydrogen-bond donors (Lipinski definition) is 3. The number of carbonyl (C=O) groups is 2. The van der Waals surface area contributed by atoms with Crippen molar-refractivity contribution < 1.29 is 9.59 Å². The van der Waals surface area contributed by atoms with Crippen LogP contribution >= 0.6 is 0 Å². The molecular formula is C31H40N6O3. The van der Waals surface area contributed by atoms with Crippen LogP contribution in [-0.2, 0) is 11.3 Å². The molecular weight excluding hydrogens is 504 g/mol. The quantitative estimate of drug-likeness (QED) is 0.336. The largest absolute Gasteiger partial charge is 0.369 e. The van der Waals surface area contributed by atoms with Gasteiger partial charge in [-0.05, 0) is 102 Å². The molecule has 2 amide bonds. The maximum Gasteiger partial charge on any atom is 0.253 e. The summed E-state index contributed by atoms with van der Waals surface area (Å²) in [5, 5.41) is 6.25. The van der Waals surface area contributed by atoms with Gasteiger partial charge in [-0.1, -0.05) is 0 Å². The molecule has 3 aromatic rings. The maximum atomic E-state index is 13.6. The number of anilines is 2. The van der Waals surface area contributed by atoms with Crippen LogP contribution in [-0.4, -0.2) is 60.4 Å². The number of nitrogens with zero attached hydrogens (tertiary/aromatic N) is 3. The molecule has 0 aliphatic heterocycles. The molecule has 2 heterocycles. The van der Waals surface area contributed by atoms with Crippen molar-refractivity contribution >= 4 is 23.3 Å². The van der Waals surface area contributed by atoms with Gasteiger partial charge < -0.3 is 25.4 Å². The Morgan fingerprint density at radius 3 is 2.42 bits per heavy atom. The van der Waals surface area contributed by atoms with Gasteiger partial charge in [0.1, 0.15) is 5.82 Å². The highest BCUT2D eigenvalue weighted by Gasteiger charge is 2.34. The van der Waals surface area contributed by atoms with Gasteiger partial charge in [-0.2, -0.15) is 0 Å². The fourth-order valence-corrected chi connectivity index (χ4v) is 4.82. The molecule has 3 N–H and O–H groups in total. The van der Waals surface area contributed by atoms with Gasteiger partial charge in [0.15, 0.2) is 0 Å². The van der Waals surface area contributed by atoms with Crippen molar-refractivity contribution in [3.05, 3.63) is 74.8 Å². The molecule has 0 spiro atoms. The highest BCUT2D eigenvalue weighted by molar-refractivity contribution is 6.03. The summed E-state index contributed by atoms with van der Waals surface area (Å²) in [6.07, 6.45) is 3.58. The van der Waals surface area contributed by atoms with E-state index in [1.165, 1.54) is 0 Å². The van der Waals surface area contributed by atoms with E-state index in [0.29, 0.717) is 17.7 Å². The minimum Gasteiger partial charge on any atom is -0.369 e. The molecule has 0 radical (unpaired) electrons. The van der Waals surface area contributed by atoms with Crippen LogP contribution in [0.5, 0.6) is 0 Å². The van der Waals surface area contributed by atoms with E-state index in [4.69, 9.17) is 0 Å². The molecule has 2 aromatic heterocycles. The number of hydrogen-bond acceptors (Lipinski definition) is 6. The lowest BCUT2D eigenvalue weighted by Crippen LogP contribution is -2.33. The zero-order chi connectivity index (χ0) is 29.0. The van der Waals surface area contributed by atoms with E-state index in [9.17, 15) is 14.4 Å². The Hall–Kier alpha value is -3.98. The maximum absolute atomic E-state index is 13.6. The van der Waals surface area contributed by atoms with Gasteiger partial charge >= 0.3 is 0 Å². The highest BCUT2D eigenvalue weighted by atomic mass is 16.2. The summed E-state index contributed by atoms with van der Waals surface area (Å²) in [7, 11) is 4.04. The molecule has 0 saturated heterocycles. The van der Waals surface area contributed by atoms with Gasteiger partial charge in [-0.3, -0.25) is 14.4 Å². The lowest BCUT2D eigenvalue weighted by Gasteiger charge is -2.25. The Morgan fingerprint density at radius 2 is 1.82 bits per heavy atom. The van der Waals surface area contributed by atoms with Gasteiger partial charge in [-0.25, -0.2) is 4.98 Å². The van der Waals surface area contributed by atoms with Gasteiger partial charge in [0, 0.05) is 66.4 Å². The SMILES string of the molecule is CCN(C(=O)C1CC1)c1cc(-c2ccc(NCCN(C)C)nc2)cc(C(=O)NCc2c(C)cc(C)[nH]c2=O)c1C. The average Bonchev–Trinajstić information content (AvgIpc) is 3.75. The molecule has 1 aromatic carbocycles. The van der Waals surface area contributed by atoms with E-state index in [1.807, 2.05) is 72.1 Å². The highest BCUT2D eigenvalue weighted by Crippen LogP contribution is 2.36. The fourth-order valence-electron chi connectivity index (χ4n) is 4.82. The molecule has 0 bridgehead atoms. The van der Waals surface area contributed by atoms with E-state index in [1.54, 1.807) is 11.1 Å². The van der Waals surface area contributed by atoms with Gasteiger partial charge in [0.25, 0.3) is 11.5 Å². The van der Waals surface area contributed by atoms with Gasteiger partial charge in [0.2, 0.25) is 5.91 Å². The van der Waals surface area contributed by atoms with Crippen LogP contribution in [0.15, 0.2) is 41.3 Å². The van der Waals surface area contributed by atoms with E-state index in [0.717, 1.165) is 65.4 Å². The molecule has 1 fully saturated rings. The summed E-state index contributed by atoms with van der Waals surface area (Å²) >= 11 is 0. The van der Waals surface area contributed by atoms with Crippen LogP contribution in [0.2, 0.25) is 0 Å². The number of rotatable bonds is 11. The average molecular weight is 545 g/mol. The lowest BCUT2D eigenvalue weighted by atomic mass is 9.97. The topological polar surface area (TPSA) is 110 Å². The molecule has 1 aliphatic carbocycles. The third kappa shape index (κ3) is 6.77. The number of nitrogens with one attached hydrogen (secondary N) is 3. The van der Waals surface area contributed by atoms with Crippen molar-refractivity contribution in [3.63, 3.8) is 0 Å². The van der Waals surface area contributed by atoms with Crippen molar-refractivity contribution in [2.75, 3.05) is 43.9 Å². The Labute approximate surface area is 236 Å². The van der Waals surface area contributed by atoms with E-state index < -0.39 is 0 Å². The van der Waals surface area contributed by atoms with Crippen LogP contribution in [0.25, 0.3) is 11.1 Å². The minimum atomic E-state index is -0.301. The normalized spacial score (nSPS) is 12.9. The minimum absolute atomic E-state index is 0.0470. The molecule has 1 saturated carbocycles. The summed E-state index contributed by atoms with van der Waals surface area (Å²) in [6.45, 7) is 9.79. The number of likely N-dealkylation sites (N-methyl/N-ethyl adjacent to an activating group) is 1. The van der Waals surface area contributed by atoms with Crippen LogP contribution in [0, 0.1) is 26.7 Å². The second kappa shape index (κ2) is 12.5. The number of pyridine rings is 2. The number of aromatic nitrogens is 2. The predicted octanol–water partition coefficient (Wildman–Crippen LogP) is 4.03. The standard InChI is InChI=1S/C31H40N6O3/c1-7-37(31(40)22-8-9-22)27-16-24(23-10-11-28(33-17-23)32-12-13-36(5)6)15-25(21(27)4)29(38)34-18-26-19(2)14-20(3)35-30(26)39/h10-11,14-17,22H,7-9,12-13,18H2,1-6H3,(H,32,33)(H,34,38)(H,35,39). The summed E-state index contributed by atoms with van der Waals surface area (Å²) < 4.78 is 0. The zero-order valence-electron chi connectivity index (χ0n) is 24.4. The van der Waals surface area contributed by atoms with E-state index in [2.05, 4.69) is 25.5 Å². The van der Waals surface area contributed by atoms with E-state index in [-0.39, 0.29) is 29.8 Å². The van der Waals surface area contributed by atoms with Crippen LogP contribution < -0.4 is 21.1 Å². The lowest BCUT2D eigenvalue weighted by molar-refractivity contribution is -0.119. The summed E-state index contributed by atoms with van der Waals surface area (Å²) in [5.74, 6) is 0.610. The first kappa shape index (κ1) is 29.0. The Balaban J connectivity index is 1.67. The van der Waals surface area contributed by atoms with Crippen LogP contribution in [0.4, 0.5) is 11.5 Å². The smallest absolute Gasteiger partial charge is 0.253 e. The Bertz CT molecular complexity index is 1440. The van der Waals surface area contributed by atoms with Gasteiger partial charge in [-0.15, -0.1) is 0 Å². The summed E-state index contributed by atoms with van der Waals surface area (Å²) in [5.41, 5.74) is 5.46. The second-order valence-electron chi connectivity index (χ2n) is 10.8. The monoisotopic (exact) mass is 544 g/mol. The molecule has 9 nitrogen and oxygen atoms in total. The first-order valence-electron chi connectivity index (χ1n) is 13.9. The number of carbonyl (C=O) groups excluding carboxylic acids is 2. The first-order valence-corrected chi connectivity index (χ1v) is 13.9. The van der Waals surface area contributed by atoms with Crippen molar-refractivity contribution in [2.24, 2.45) is 5.92 Å². The molecule has 0 unspecified atom stereocenters. The van der Waals surface area contributed by atoms with E-state index >= 15 is 0 Å². The molecule has 0 atom stereocenters. The van der Waals surface area contributed by atoms with Crippen molar-refractivity contribution in [3.8, 4) is 11.1 Å². The number of amides is 2. The number of H-pyrrole nitrogens is 1. The molecule has 4 rings (SSSR count). The molecule has 40 heavy (non-hydrogen) atoms.